The van der Waals surface area contributed by atoms with Crippen LogP contribution in [0.25, 0.3) is 0 Å². The highest BCUT2D eigenvalue weighted by Crippen LogP contribution is 2.26. The second-order valence-electron chi connectivity index (χ2n) is 5.69. The van der Waals surface area contributed by atoms with Crippen molar-refractivity contribution in [2.24, 2.45) is 5.10 Å². The molecule has 3 nitrogen and oxygen atoms in total. The van der Waals surface area contributed by atoms with E-state index in [0.29, 0.717) is 6.42 Å². The average Bonchev–Trinajstić information content (AvgIpc) is 2.27. The molecular formula is C13H25ClN2O. The van der Waals surface area contributed by atoms with Crippen molar-refractivity contribution < 1.29 is 4.74 Å². The second-order valence-corrected chi connectivity index (χ2v) is 6.52. The molecule has 0 spiro atoms. The molecule has 1 aliphatic rings. The summed E-state index contributed by atoms with van der Waals surface area (Å²) in [5.41, 5.74) is 4.10. The fraction of sp³-hybridized carbons (Fsp3) is 0.923. The van der Waals surface area contributed by atoms with Gasteiger partial charge in [-0.1, -0.05) is 18.0 Å². The molecular weight excluding hydrogens is 236 g/mol. The van der Waals surface area contributed by atoms with Gasteiger partial charge in [-0.25, -0.2) is 0 Å². The molecule has 1 unspecified atom stereocenters. The fourth-order valence-electron chi connectivity index (χ4n) is 2.18. The fourth-order valence-corrected chi connectivity index (χ4v) is 2.54. The van der Waals surface area contributed by atoms with Crippen molar-refractivity contribution in [3.05, 3.63) is 0 Å². The van der Waals surface area contributed by atoms with Crippen molar-refractivity contribution in [1.82, 2.24) is 5.43 Å². The number of hydrazone groups is 1. The quantitative estimate of drug-likeness (QED) is 0.465. The molecule has 0 heterocycles. The van der Waals surface area contributed by atoms with Crippen LogP contribution in [0.4, 0.5) is 0 Å². The highest BCUT2D eigenvalue weighted by Gasteiger charge is 2.30. The zero-order valence-electron chi connectivity index (χ0n) is 11.5. The Hall–Kier alpha value is -0.280. The number of methoxy groups -OCH3 is 1. The molecule has 0 amide bonds. The summed E-state index contributed by atoms with van der Waals surface area (Å²) in [6, 6.07) is 0. The summed E-state index contributed by atoms with van der Waals surface area (Å²) >= 11 is 6.42. The molecule has 1 aliphatic carbocycles. The van der Waals surface area contributed by atoms with Crippen molar-refractivity contribution in [3.63, 3.8) is 0 Å². The van der Waals surface area contributed by atoms with Gasteiger partial charge in [0.2, 0.25) is 0 Å². The lowest BCUT2D eigenvalue weighted by Crippen LogP contribution is -2.41. The summed E-state index contributed by atoms with van der Waals surface area (Å²) in [6.07, 6.45) is 6.75. The van der Waals surface area contributed by atoms with Gasteiger partial charge in [0.15, 0.2) is 0 Å². The molecule has 0 aromatic carbocycles. The van der Waals surface area contributed by atoms with E-state index in [0.717, 1.165) is 12.8 Å². The molecule has 0 aromatic rings. The van der Waals surface area contributed by atoms with Gasteiger partial charge >= 0.3 is 0 Å². The number of nitrogens with one attached hydrogen (secondary N) is 1. The molecule has 17 heavy (non-hydrogen) atoms. The Morgan fingerprint density at radius 3 is 2.35 bits per heavy atom. The Balaban J connectivity index is 2.48. The van der Waals surface area contributed by atoms with E-state index in [2.05, 4.69) is 10.5 Å². The lowest BCUT2D eigenvalue weighted by atomic mass is 9.98. The normalized spacial score (nSPS) is 20.9. The van der Waals surface area contributed by atoms with Gasteiger partial charge in [-0.2, -0.15) is 5.10 Å². The van der Waals surface area contributed by atoms with Crippen molar-refractivity contribution in [3.8, 4) is 0 Å². The maximum atomic E-state index is 6.42. The van der Waals surface area contributed by atoms with Gasteiger partial charge in [0, 0.05) is 19.2 Å². The van der Waals surface area contributed by atoms with E-state index >= 15 is 0 Å². The standard InChI is InChI=1S/C13H25ClN2O/c1-12(2,17-4)10-13(3,14)16-15-11-8-6-5-7-9-11/h16H,5-10H2,1-4H3. The first-order valence-corrected chi connectivity index (χ1v) is 6.79. The van der Waals surface area contributed by atoms with Gasteiger partial charge in [0.25, 0.3) is 0 Å². The molecule has 0 saturated heterocycles. The zero-order valence-corrected chi connectivity index (χ0v) is 12.2. The largest absolute Gasteiger partial charge is 0.379 e. The highest BCUT2D eigenvalue weighted by atomic mass is 35.5. The predicted octanol–water partition coefficient (Wildman–Crippen LogP) is 3.67. The maximum absolute atomic E-state index is 6.42. The molecule has 1 atom stereocenters. The lowest BCUT2D eigenvalue weighted by Gasteiger charge is -2.32. The van der Waals surface area contributed by atoms with Crippen LogP contribution >= 0.6 is 11.6 Å². The van der Waals surface area contributed by atoms with E-state index < -0.39 is 5.00 Å². The number of hydrogen-bond acceptors (Lipinski definition) is 3. The summed E-state index contributed by atoms with van der Waals surface area (Å²) < 4.78 is 5.39. The third-order valence-electron chi connectivity index (χ3n) is 3.19. The Morgan fingerprint density at radius 2 is 1.82 bits per heavy atom. The Labute approximate surface area is 110 Å². The average molecular weight is 261 g/mol. The second kappa shape index (κ2) is 6.05. The van der Waals surface area contributed by atoms with Gasteiger partial charge in [-0.05, 0) is 46.5 Å². The number of rotatable bonds is 5. The topological polar surface area (TPSA) is 33.6 Å². The van der Waals surface area contributed by atoms with Crippen molar-refractivity contribution in [2.75, 3.05) is 7.11 Å². The number of alkyl halides is 1. The third-order valence-corrected chi connectivity index (χ3v) is 3.41. The smallest absolute Gasteiger partial charge is 0.128 e. The third kappa shape index (κ3) is 5.73. The van der Waals surface area contributed by atoms with E-state index in [1.165, 1.54) is 25.0 Å². The monoisotopic (exact) mass is 260 g/mol. The first-order valence-electron chi connectivity index (χ1n) is 6.41. The first-order chi connectivity index (χ1) is 7.85. The van der Waals surface area contributed by atoms with Gasteiger partial charge in [0.1, 0.15) is 5.00 Å². The predicted molar refractivity (Wildman–Crippen MR) is 73.6 cm³/mol. The van der Waals surface area contributed by atoms with E-state index in [-0.39, 0.29) is 5.60 Å². The molecule has 100 valence electrons. The van der Waals surface area contributed by atoms with Crippen LogP contribution in [-0.2, 0) is 4.74 Å². The SMILES string of the molecule is COC(C)(C)CC(C)(Cl)NN=C1CCCCC1. The Morgan fingerprint density at radius 1 is 1.24 bits per heavy atom. The minimum atomic E-state index is -0.552. The van der Waals surface area contributed by atoms with Gasteiger partial charge in [-0.15, -0.1) is 0 Å². The molecule has 1 fully saturated rings. The molecule has 0 aromatic heterocycles. The van der Waals surface area contributed by atoms with Crippen LogP contribution < -0.4 is 5.43 Å². The number of nitrogens with zero attached hydrogens (tertiary/aromatic N) is 1. The van der Waals surface area contributed by atoms with Crippen LogP contribution in [0, 0.1) is 0 Å². The van der Waals surface area contributed by atoms with Crippen molar-refractivity contribution in [1.29, 1.82) is 0 Å². The molecule has 1 rings (SSSR count). The first kappa shape index (κ1) is 14.8. The highest BCUT2D eigenvalue weighted by molar-refractivity contribution is 6.23. The molecule has 4 heteroatoms. The van der Waals surface area contributed by atoms with Gasteiger partial charge < -0.3 is 4.74 Å². The summed E-state index contributed by atoms with van der Waals surface area (Å²) in [7, 11) is 1.71. The van der Waals surface area contributed by atoms with Crippen LogP contribution in [0.1, 0.15) is 59.3 Å². The summed E-state index contributed by atoms with van der Waals surface area (Å²) in [5.74, 6) is 0. The van der Waals surface area contributed by atoms with Crippen LogP contribution in [0.5, 0.6) is 0 Å². The van der Waals surface area contributed by atoms with Gasteiger partial charge in [-0.3, -0.25) is 5.43 Å². The lowest BCUT2D eigenvalue weighted by molar-refractivity contribution is 0.00435. The number of hydrogen-bond donors (Lipinski definition) is 1. The minimum absolute atomic E-state index is 0.240. The van der Waals surface area contributed by atoms with E-state index in [1.807, 2.05) is 20.8 Å². The summed E-state index contributed by atoms with van der Waals surface area (Å²) in [6.45, 7) is 6.01. The summed E-state index contributed by atoms with van der Waals surface area (Å²) in [4.78, 5) is -0.552. The Kier molecular flexibility index (Phi) is 5.26. The molecule has 0 aliphatic heterocycles. The summed E-state index contributed by atoms with van der Waals surface area (Å²) in [5, 5.41) is 4.45. The van der Waals surface area contributed by atoms with E-state index in [9.17, 15) is 0 Å². The maximum Gasteiger partial charge on any atom is 0.128 e. The van der Waals surface area contributed by atoms with Crippen molar-refractivity contribution in [2.45, 2.75) is 69.9 Å². The van der Waals surface area contributed by atoms with E-state index in [1.54, 1.807) is 7.11 Å². The number of ether oxygens (including phenoxy) is 1. The minimum Gasteiger partial charge on any atom is -0.379 e. The number of halogens is 1. The van der Waals surface area contributed by atoms with Crippen LogP contribution in [0.2, 0.25) is 0 Å². The van der Waals surface area contributed by atoms with Crippen LogP contribution in [0.15, 0.2) is 5.10 Å². The van der Waals surface area contributed by atoms with Crippen LogP contribution in [0.3, 0.4) is 0 Å². The van der Waals surface area contributed by atoms with Crippen LogP contribution in [-0.4, -0.2) is 23.4 Å². The molecule has 1 N–H and O–H groups in total. The molecule has 1 saturated carbocycles. The Bertz CT molecular complexity index is 267. The molecule has 0 bridgehead atoms. The van der Waals surface area contributed by atoms with E-state index in [4.69, 9.17) is 16.3 Å². The van der Waals surface area contributed by atoms with Gasteiger partial charge in [0.05, 0.1) is 5.60 Å². The zero-order chi connectivity index (χ0) is 12.9. The molecule has 0 radical (unpaired) electrons. The van der Waals surface area contributed by atoms with Crippen molar-refractivity contribution >= 4 is 17.3 Å².